The second kappa shape index (κ2) is 6.04. The number of methoxy groups -OCH3 is 1. The fraction of sp³-hybridized carbons (Fsp3) is 0.417. The predicted molar refractivity (Wildman–Crippen MR) is 68.6 cm³/mol. The minimum absolute atomic E-state index is 0.108. The van der Waals surface area contributed by atoms with Gasteiger partial charge in [0.1, 0.15) is 27.6 Å². The number of anilines is 1. The summed E-state index contributed by atoms with van der Waals surface area (Å²) in [5, 5.41) is 18.7. The topological polar surface area (TPSA) is 77.1 Å². The second-order valence-electron chi connectivity index (χ2n) is 3.37. The Bertz CT molecular complexity index is 533. The van der Waals surface area contributed by atoms with Crippen LogP contribution in [-0.4, -0.2) is 26.2 Å². The Morgan fingerprint density at radius 1 is 1.33 bits per heavy atom. The molecule has 18 heavy (non-hydrogen) atoms. The summed E-state index contributed by atoms with van der Waals surface area (Å²) in [5.41, 5.74) is 0.307. The van der Waals surface area contributed by atoms with Gasteiger partial charge in [0.25, 0.3) is 0 Å². The molecule has 0 atom stereocenters. The Hall–Kier alpha value is -2.05. The third-order valence-electron chi connectivity index (χ3n) is 2.54. The molecular formula is C12H13N3O2S. The maximum Gasteiger partial charge on any atom is 0.342 e. The number of rotatable bonds is 4. The van der Waals surface area contributed by atoms with E-state index in [2.05, 4.69) is 0 Å². The third-order valence-corrected chi connectivity index (χ3v) is 3.70. The van der Waals surface area contributed by atoms with E-state index in [-0.39, 0.29) is 16.0 Å². The third kappa shape index (κ3) is 2.29. The molecule has 1 aromatic rings. The van der Waals surface area contributed by atoms with E-state index in [9.17, 15) is 4.79 Å². The van der Waals surface area contributed by atoms with E-state index in [1.807, 2.05) is 30.9 Å². The Kier molecular flexibility index (Phi) is 4.70. The first-order chi connectivity index (χ1) is 8.64. The molecule has 0 fully saturated rings. The van der Waals surface area contributed by atoms with Crippen LogP contribution in [0.15, 0.2) is 0 Å². The molecule has 0 aliphatic rings. The molecule has 0 aromatic carbocycles. The molecular weight excluding hydrogens is 250 g/mol. The summed E-state index contributed by atoms with van der Waals surface area (Å²) in [4.78, 5) is 14.0. The maximum atomic E-state index is 11.8. The van der Waals surface area contributed by atoms with Crippen LogP contribution >= 0.6 is 11.3 Å². The van der Waals surface area contributed by atoms with Gasteiger partial charge >= 0.3 is 5.97 Å². The van der Waals surface area contributed by atoms with Crippen molar-refractivity contribution >= 4 is 22.3 Å². The molecule has 0 aliphatic heterocycles. The van der Waals surface area contributed by atoms with Gasteiger partial charge in [-0.2, -0.15) is 10.5 Å². The van der Waals surface area contributed by atoms with Gasteiger partial charge in [0, 0.05) is 13.1 Å². The maximum absolute atomic E-state index is 11.8. The van der Waals surface area contributed by atoms with Crippen LogP contribution < -0.4 is 4.90 Å². The zero-order chi connectivity index (χ0) is 13.7. The number of esters is 1. The van der Waals surface area contributed by atoms with E-state index in [0.29, 0.717) is 18.1 Å². The van der Waals surface area contributed by atoms with Crippen LogP contribution in [0, 0.1) is 22.7 Å². The monoisotopic (exact) mass is 263 g/mol. The van der Waals surface area contributed by atoms with E-state index < -0.39 is 5.97 Å². The van der Waals surface area contributed by atoms with Crippen LogP contribution in [0.25, 0.3) is 0 Å². The zero-order valence-electron chi connectivity index (χ0n) is 10.5. The number of thiophene rings is 1. The lowest BCUT2D eigenvalue weighted by Crippen LogP contribution is -2.23. The largest absolute Gasteiger partial charge is 0.465 e. The van der Waals surface area contributed by atoms with Crippen molar-refractivity contribution in [1.29, 1.82) is 10.5 Å². The lowest BCUT2D eigenvalue weighted by molar-refractivity contribution is 0.0601. The van der Waals surface area contributed by atoms with Crippen LogP contribution in [0.3, 0.4) is 0 Å². The summed E-state index contributed by atoms with van der Waals surface area (Å²) in [6.07, 6.45) is 0. The number of nitriles is 2. The molecule has 0 bridgehead atoms. The molecule has 0 saturated carbocycles. The predicted octanol–water partition coefficient (Wildman–Crippen LogP) is 2.12. The Balaban J connectivity index is 3.52. The number of hydrogen-bond acceptors (Lipinski definition) is 6. The van der Waals surface area contributed by atoms with Gasteiger partial charge < -0.3 is 9.64 Å². The van der Waals surface area contributed by atoms with Crippen molar-refractivity contribution in [3.8, 4) is 12.1 Å². The molecule has 5 nitrogen and oxygen atoms in total. The van der Waals surface area contributed by atoms with Crippen molar-refractivity contribution in [1.82, 2.24) is 0 Å². The van der Waals surface area contributed by atoms with Crippen LogP contribution in [0.4, 0.5) is 5.00 Å². The number of ether oxygens (including phenoxy) is 1. The highest BCUT2D eigenvalue weighted by molar-refractivity contribution is 7.17. The number of carbonyl (C=O) groups excluding carboxylic acids is 1. The standard InChI is InChI=1S/C12H13N3O2S/c1-4-15(5-2)11-10(12(16)17-3)8(6-13)9(7-14)18-11/h4-5H2,1-3H3. The first kappa shape index (κ1) is 14.0. The summed E-state index contributed by atoms with van der Waals surface area (Å²) < 4.78 is 4.70. The van der Waals surface area contributed by atoms with Crippen molar-refractivity contribution in [3.63, 3.8) is 0 Å². The van der Waals surface area contributed by atoms with E-state index >= 15 is 0 Å². The van der Waals surface area contributed by atoms with E-state index in [0.717, 1.165) is 11.3 Å². The quantitative estimate of drug-likeness (QED) is 0.778. The SMILES string of the molecule is CCN(CC)c1sc(C#N)c(C#N)c1C(=O)OC. The Morgan fingerprint density at radius 3 is 2.33 bits per heavy atom. The fourth-order valence-electron chi connectivity index (χ4n) is 1.63. The van der Waals surface area contributed by atoms with Crippen molar-refractivity contribution in [3.05, 3.63) is 16.0 Å². The molecule has 0 unspecified atom stereocenters. The molecule has 0 amide bonds. The molecule has 1 rings (SSSR count). The molecule has 0 spiro atoms. The smallest absolute Gasteiger partial charge is 0.342 e. The number of nitrogens with zero attached hydrogens (tertiary/aromatic N) is 3. The highest BCUT2D eigenvalue weighted by atomic mass is 32.1. The van der Waals surface area contributed by atoms with Crippen molar-refractivity contribution in [2.75, 3.05) is 25.1 Å². The fourth-order valence-corrected chi connectivity index (χ4v) is 2.79. The van der Waals surface area contributed by atoms with Gasteiger partial charge in [-0.3, -0.25) is 0 Å². The van der Waals surface area contributed by atoms with E-state index in [1.165, 1.54) is 7.11 Å². The van der Waals surface area contributed by atoms with Gasteiger partial charge in [-0.15, -0.1) is 11.3 Å². The average molecular weight is 263 g/mol. The van der Waals surface area contributed by atoms with Crippen molar-refractivity contribution in [2.45, 2.75) is 13.8 Å². The van der Waals surface area contributed by atoms with Crippen LogP contribution in [0.1, 0.15) is 34.6 Å². The summed E-state index contributed by atoms with van der Waals surface area (Å²) in [6.45, 7) is 5.28. The number of hydrogen-bond donors (Lipinski definition) is 0. The van der Waals surface area contributed by atoms with Crippen LogP contribution in [0.5, 0.6) is 0 Å². The Morgan fingerprint density at radius 2 is 1.94 bits per heavy atom. The van der Waals surface area contributed by atoms with Crippen LogP contribution in [-0.2, 0) is 4.74 Å². The van der Waals surface area contributed by atoms with Gasteiger partial charge in [-0.05, 0) is 13.8 Å². The summed E-state index contributed by atoms with van der Waals surface area (Å²) in [6, 6.07) is 3.87. The summed E-state index contributed by atoms with van der Waals surface area (Å²) in [7, 11) is 1.26. The van der Waals surface area contributed by atoms with E-state index in [4.69, 9.17) is 15.3 Å². The lowest BCUT2D eigenvalue weighted by atomic mass is 10.1. The molecule has 1 aromatic heterocycles. The van der Waals surface area contributed by atoms with Gasteiger partial charge in [0.2, 0.25) is 0 Å². The first-order valence-electron chi connectivity index (χ1n) is 5.44. The van der Waals surface area contributed by atoms with E-state index in [1.54, 1.807) is 0 Å². The zero-order valence-corrected chi connectivity index (χ0v) is 11.3. The van der Waals surface area contributed by atoms with Gasteiger partial charge in [-0.1, -0.05) is 0 Å². The van der Waals surface area contributed by atoms with Gasteiger partial charge in [-0.25, -0.2) is 4.79 Å². The highest BCUT2D eigenvalue weighted by Crippen LogP contribution is 2.35. The van der Waals surface area contributed by atoms with Crippen LogP contribution in [0.2, 0.25) is 0 Å². The molecule has 6 heteroatoms. The molecule has 0 saturated heterocycles. The molecule has 0 N–H and O–H groups in total. The lowest BCUT2D eigenvalue weighted by Gasteiger charge is -2.19. The van der Waals surface area contributed by atoms with Crippen molar-refractivity contribution in [2.24, 2.45) is 0 Å². The summed E-state index contributed by atoms with van der Waals surface area (Å²) >= 11 is 1.15. The normalized spacial score (nSPS) is 9.39. The molecule has 0 aliphatic carbocycles. The minimum Gasteiger partial charge on any atom is -0.465 e. The summed E-state index contributed by atoms with van der Waals surface area (Å²) in [5.74, 6) is -0.578. The van der Waals surface area contributed by atoms with Gasteiger partial charge in [0.15, 0.2) is 0 Å². The molecule has 0 radical (unpaired) electrons. The number of carbonyl (C=O) groups is 1. The minimum atomic E-state index is -0.578. The average Bonchev–Trinajstić information content (AvgIpc) is 2.77. The van der Waals surface area contributed by atoms with Gasteiger partial charge in [0.05, 0.1) is 12.7 Å². The Labute approximate surface area is 110 Å². The highest BCUT2D eigenvalue weighted by Gasteiger charge is 2.26. The van der Waals surface area contributed by atoms with Crippen molar-refractivity contribution < 1.29 is 9.53 Å². The second-order valence-corrected chi connectivity index (χ2v) is 4.37. The first-order valence-corrected chi connectivity index (χ1v) is 6.26. The molecule has 1 heterocycles. The molecule has 94 valence electrons.